The number of benzene rings is 1. The lowest BCUT2D eigenvalue weighted by molar-refractivity contribution is 0.0957. The van der Waals surface area contributed by atoms with Gasteiger partial charge in [-0.15, -0.1) is 5.10 Å². The predicted molar refractivity (Wildman–Crippen MR) is 85.0 cm³/mol. The summed E-state index contributed by atoms with van der Waals surface area (Å²) in [6.07, 6.45) is 2.96. The van der Waals surface area contributed by atoms with Crippen LogP contribution in [0, 0.1) is 5.92 Å². The van der Waals surface area contributed by atoms with Gasteiger partial charge in [-0.1, -0.05) is 30.3 Å². The fourth-order valence-electron chi connectivity index (χ4n) is 3.23. The number of hydrogen-bond acceptors (Lipinski definition) is 3. The summed E-state index contributed by atoms with van der Waals surface area (Å²) in [4.78, 5) is 16.8. The molecular weight excluding hydrogens is 260 g/mol. The van der Waals surface area contributed by atoms with Gasteiger partial charge in [0, 0.05) is 5.92 Å². The third-order valence-electron chi connectivity index (χ3n) is 4.59. The highest BCUT2D eigenvalue weighted by atomic mass is 16.1. The average molecular weight is 277 g/mol. The Hall–Kier alpha value is -1.84. The number of fused-ring (bicyclic) bond motifs is 1. The van der Waals surface area contributed by atoms with Crippen LogP contribution in [-0.4, -0.2) is 36.2 Å². The van der Waals surface area contributed by atoms with Gasteiger partial charge in [-0.3, -0.25) is 4.79 Å². The number of carbonyl (C=O) groups excluding carboxylic acids is 1. The third kappa shape index (κ3) is 2.04. The van der Waals surface area contributed by atoms with Gasteiger partial charge in [0.2, 0.25) is 11.6 Å². The fourth-order valence-corrected chi connectivity index (χ4v) is 3.23. The van der Waals surface area contributed by atoms with Crippen molar-refractivity contribution in [2.24, 2.45) is 5.92 Å². The molecule has 2 aromatic rings. The van der Waals surface area contributed by atoms with Crippen LogP contribution in [0.2, 0.25) is 0 Å². The van der Waals surface area contributed by atoms with Gasteiger partial charge in [-0.05, 0) is 30.0 Å². The zero-order valence-corrected chi connectivity index (χ0v) is 12.4. The van der Waals surface area contributed by atoms with Crippen LogP contribution in [0.5, 0.6) is 0 Å². The molecule has 0 radical (unpaired) electrons. The van der Waals surface area contributed by atoms with Crippen LogP contribution in [0.3, 0.4) is 0 Å². The van der Waals surface area contributed by atoms with Gasteiger partial charge in [0.25, 0.3) is 0 Å². The first-order valence-corrected chi connectivity index (χ1v) is 7.62. The molecule has 1 atom stereocenters. The largest absolute Gasteiger partial charge is 0.290 e. The summed E-state index contributed by atoms with van der Waals surface area (Å²) in [5.74, 6) is 1.66. The number of aromatic nitrogens is 3. The van der Waals surface area contributed by atoms with Crippen molar-refractivity contribution < 1.29 is 4.79 Å². The smallest absolute Gasteiger partial charge is 0.217 e. The van der Waals surface area contributed by atoms with Crippen LogP contribution in [0.15, 0.2) is 30.3 Å². The molecule has 6 heteroatoms. The fraction of sp³-hybridized carbons (Fsp3) is 0.400. The molecule has 0 amide bonds. The van der Waals surface area contributed by atoms with E-state index in [9.17, 15) is 4.79 Å². The average Bonchev–Trinajstić information content (AvgIpc) is 3.17. The lowest BCUT2D eigenvalue weighted by Gasteiger charge is -2.16. The first kappa shape index (κ1) is 12.9. The molecule has 0 N–H and O–H groups in total. The highest BCUT2D eigenvalue weighted by Gasteiger charge is 2.42. The normalized spacial score (nSPS) is 23.0. The zero-order valence-electron chi connectivity index (χ0n) is 12.4. The number of ketones is 1. The van der Waals surface area contributed by atoms with Crippen LogP contribution < -0.4 is 0 Å². The molecule has 0 bridgehead atoms. The van der Waals surface area contributed by atoms with Crippen molar-refractivity contribution in [1.82, 2.24) is 14.8 Å². The van der Waals surface area contributed by atoms with Gasteiger partial charge in [0.1, 0.15) is 21.5 Å². The molecule has 4 rings (SSSR count). The van der Waals surface area contributed by atoms with E-state index >= 15 is 0 Å². The molecule has 1 fully saturated rings. The maximum absolute atomic E-state index is 12.2. The van der Waals surface area contributed by atoms with E-state index in [4.69, 9.17) is 0 Å². The Kier molecular flexibility index (Phi) is 2.65. The van der Waals surface area contributed by atoms with Gasteiger partial charge in [-0.25, -0.2) is 9.67 Å². The first-order valence-electron chi connectivity index (χ1n) is 7.62. The predicted octanol–water partition coefficient (Wildman–Crippen LogP) is 0.283. The summed E-state index contributed by atoms with van der Waals surface area (Å²) in [6, 6.07) is 10.6. The molecular formula is C15H17B2N3O. The molecule has 1 aromatic carbocycles. The van der Waals surface area contributed by atoms with Crippen molar-refractivity contribution in [1.29, 1.82) is 0 Å². The molecule has 0 spiro atoms. The molecule has 21 heavy (non-hydrogen) atoms. The Morgan fingerprint density at radius 1 is 1.24 bits per heavy atom. The lowest BCUT2D eigenvalue weighted by atomic mass is 9.52. The highest BCUT2D eigenvalue weighted by molar-refractivity contribution is 6.40. The summed E-state index contributed by atoms with van der Waals surface area (Å²) < 4.78 is 1.98. The van der Waals surface area contributed by atoms with E-state index in [-0.39, 0.29) is 23.0 Å². The monoisotopic (exact) mass is 277 g/mol. The second-order valence-electron chi connectivity index (χ2n) is 6.86. The Morgan fingerprint density at radius 2 is 1.95 bits per heavy atom. The molecule has 0 saturated heterocycles. The summed E-state index contributed by atoms with van der Waals surface area (Å²) in [6.45, 7) is 0. The topological polar surface area (TPSA) is 47.8 Å². The third-order valence-corrected chi connectivity index (χ3v) is 4.59. The van der Waals surface area contributed by atoms with Gasteiger partial charge in [0.05, 0.1) is 6.04 Å². The Labute approximate surface area is 125 Å². The Bertz CT molecular complexity index is 707. The molecule has 4 nitrogen and oxygen atoms in total. The number of carbonyl (C=O) groups is 1. The van der Waals surface area contributed by atoms with E-state index in [1.54, 1.807) is 0 Å². The molecule has 1 aliphatic heterocycles. The molecule has 1 saturated carbocycles. The van der Waals surface area contributed by atoms with Crippen molar-refractivity contribution >= 4 is 21.5 Å². The van der Waals surface area contributed by atoms with Crippen LogP contribution in [-0.2, 0) is 5.21 Å². The SMILES string of the molecule is BC1(B)C[C@@H](c2ccccc2)n2nc(C(=O)C3CC3)nc21. The van der Waals surface area contributed by atoms with E-state index < -0.39 is 0 Å². The van der Waals surface area contributed by atoms with Crippen molar-refractivity contribution in [3.8, 4) is 0 Å². The maximum atomic E-state index is 12.2. The van der Waals surface area contributed by atoms with Crippen molar-refractivity contribution in [2.45, 2.75) is 30.5 Å². The zero-order chi connectivity index (χ0) is 14.6. The number of rotatable bonds is 3. The van der Waals surface area contributed by atoms with E-state index in [0.29, 0.717) is 5.82 Å². The molecule has 0 unspecified atom stereocenters. The second kappa shape index (κ2) is 4.33. The van der Waals surface area contributed by atoms with Crippen molar-refractivity contribution in [3.05, 3.63) is 47.5 Å². The van der Waals surface area contributed by atoms with Crippen LogP contribution in [0.4, 0.5) is 0 Å². The highest BCUT2D eigenvalue weighted by Crippen LogP contribution is 2.40. The summed E-state index contributed by atoms with van der Waals surface area (Å²) >= 11 is 0. The van der Waals surface area contributed by atoms with Crippen LogP contribution in [0.25, 0.3) is 0 Å². The standard InChI is InChI=1S/C15H17B2N3O/c16-15(17)8-11(9-4-2-1-3-5-9)20-14(15)18-13(19-20)12(21)10-6-7-10/h1-5,10-11H,6-8,16-17H2/t11-/m0/s1. The summed E-state index contributed by atoms with van der Waals surface area (Å²) in [5.41, 5.74) is 1.24. The summed E-state index contributed by atoms with van der Waals surface area (Å²) in [7, 11) is 4.36. The number of nitrogens with zero attached hydrogens (tertiary/aromatic N) is 3. The van der Waals surface area contributed by atoms with Gasteiger partial charge in [-0.2, -0.15) is 0 Å². The maximum Gasteiger partial charge on any atom is 0.217 e. The first-order chi connectivity index (χ1) is 10.1. The van der Waals surface area contributed by atoms with Crippen LogP contribution in [0.1, 0.15) is 47.3 Å². The van der Waals surface area contributed by atoms with E-state index in [2.05, 4.69) is 37.9 Å². The Morgan fingerprint density at radius 3 is 2.62 bits per heavy atom. The van der Waals surface area contributed by atoms with E-state index in [0.717, 1.165) is 25.1 Å². The van der Waals surface area contributed by atoms with Crippen molar-refractivity contribution in [2.75, 3.05) is 0 Å². The molecule has 1 aromatic heterocycles. The second-order valence-corrected chi connectivity index (χ2v) is 6.86. The van der Waals surface area contributed by atoms with Crippen molar-refractivity contribution in [3.63, 3.8) is 0 Å². The van der Waals surface area contributed by atoms with E-state index in [1.165, 1.54) is 5.56 Å². The molecule has 2 aliphatic rings. The van der Waals surface area contributed by atoms with Crippen LogP contribution >= 0.6 is 0 Å². The number of hydrogen-bond donors (Lipinski definition) is 0. The minimum Gasteiger partial charge on any atom is -0.290 e. The molecule has 104 valence electrons. The minimum absolute atomic E-state index is 0.0460. The van der Waals surface area contributed by atoms with Gasteiger partial charge >= 0.3 is 0 Å². The van der Waals surface area contributed by atoms with Gasteiger partial charge in [0.15, 0.2) is 0 Å². The Balaban J connectivity index is 1.77. The quantitative estimate of drug-likeness (QED) is 0.598. The minimum atomic E-state index is -0.0460. The lowest BCUT2D eigenvalue weighted by Crippen LogP contribution is -2.25. The summed E-state index contributed by atoms with van der Waals surface area (Å²) in [5, 5.41) is 4.52. The number of Topliss-reactive ketones (excluding diaryl/α,β-unsaturated/α-hetero) is 1. The molecule has 1 aliphatic carbocycles. The molecule has 2 heterocycles. The van der Waals surface area contributed by atoms with E-state index in [1.807, 2.05) is 22.9 Å². The van der Waals surface area contributed by atoms with Gasteiger partial charge < -0.3 is 0 Å².